The summed E-state index contributed by atoms with van der Waals surface area (Å²) in [5.74, 6) is 1.77. The quantitative estimate of drug-likeness (QED) is 0.281. The molecular formula is C31H32O2. The van der Waals surface area contributed by atoms with E-state index in [1.165, 1.54) is 33.4 Å². The minimum absolute atomic E-state index is 0.120. The third-order valence-electron chi connectivity index (χ3n) is 6.20. The molecule has 0 aromatic heterocycles. The van der Waals surface area contributed by atoms with Crippen LogP contribution in [0.5, 0.6) is 11.5 Å². The summed E-state index contributed by atoms with van der Waals surface area (Å²) in [5, 5.41) is 0. The van der Waals surface area contributed by atoms with Crippen molar-refractivity contribution in [1.82, 2.24) is 0 Å². The van der Waals surface area contributed by atoms with Crippen molar-refractivity contribution < 1.29 is 9.47 Å². The summed E-state index contributed by atoms with van der Waals surface area (Å²) in [7, 11) is 0. The molecule has 33 heavy (non-hydrogen) atoms. The van der Waals surface area contributed by atoms with Crippen LogP contribution in [0.15, 0.2) is 97.1 Å². The topological polar surface area (TPSA) is 18.5 Å². The van der Waals surface area contributed by atoms with E-state index in [9.17, 15) is 0 Å². The first-order chi connectivity index (χ1) is 15.9. The van der Waals surface area contributed by atoms with Crippen LogP contribution in [0.3, 0.4) is 0 Å². The fraction of sp³-hybridized carbons (Fsp3) is 0.226. The molecule has 0 saturated carbocycles. The number of hydrogen-bond acceptors (Lipinski definition) is 2. The molecule has 4 aromatic carbocycles. The van der Waals surface area contributed by atoms with E-state index in [1.54, 1.807) is 0 Å². The van der Waals surface area contributed by atoms with Gasteiger partial charge in [0.25, 0.3) is 0 Å². The van der Waals surface area contributed by atoms with Gasteiger partial charge in [-0.05, 0) is 60.4 Å². The molecule has 0 radical (unpaired) electrons. The van der Waals surface area contributed by atoms with E-state index in [2.05, 4.69) is 125 Å². The lowest BCUT2D eigenvalue weighted by molar-refractivity contribution is 0.306. The Bertz CT molecular complexity index is 1060. The van der Waals surface area contributed by atoms with Gasteiger partial charge in [-0.25, -0.2) is 0 Å². The number of benzene rings is 4. The molecule has 0 N–H and O–H groups in total. The molecular weight excluding hydrogens is 404 g/mol. The Kier molecular flexibility index (Phi) is 6.84. The summed E-state index contributed by atoms with van der Waals surface area (Å²) in [6, 6.07) is 33.8. The van der Waals surface area contributed by atoms with Crippen molar-refractivity contribution in [2.45, 2.75) is 46.3 Å². The van der Waals surface area contributed by atoms with Gasteiger partial charge in [-0.2, -0.15) is 0 Å². The van der Waals surface area contributed by atoms with Crippen molar-refractivity contribution in [1.29, 1.82) is 0 Å². The predicted octanol–water partition coefficient (Wildman–Crippen LogP) is 7.79. The van der Waals surface area contributed by atoms with Crippen molar-refractivity contribution in [2.75, 3.05) is 0 Å². The van der Waals surface area contributed by atoms with E-state index >= 15 is 0 Å². The Morgan fingerprint density at radius 2 is 0.818 bits per heavy atom. The van der Waals surface area contributed by atoms with Crippen molar-refractivity contribution in [3.63, 3.8) is 0 Å². The van der Waals surface area contributed by atoms with Gasteiger partial charge in [-0.15, -0.1) is 0 Å². The largest absolute Gasteiger partial charge is 0.489 e. The van der Waals surface area contributed by atoms with Crippen molar-refractivity contribution in [3.05, 3.63) is 130 Å². The fourth-order valence-electron chi connectivity index (χ4n) is 3.80. The first kappa shape index (κ1) is 22.7. The SMILES string of the molecule is Cc1ccc(COc2ccc(C(C)(C)c3ccc(OCc4ccc(C)cc4)cc3)cc2)cc1. The van der Waals surface area contributed by atoms with Crippen molar-refractivity contribution >= 4 is 0 Å². The molecule has 4 aromatic rings. The normalized spacial score (nSPS) is 11.3. The first-order valence-electron chi connectivity index (χ1n) is 11.5. The molecule has 2 heteroatoms. The van der Waals surface area contributed by atoms with Crippen molar-refractivity contribution in [2.24, 2.45) is 0 Å². The van der Waals surface area contributed by atoms with E-state index in [-0.39, 0.29) is 5.41 Å². The van der Waals surface area contributed by atoms with Crippen LogP contribution in [0.4, 0.5) is 0 Å². The van der Waals surface area contributed by atoms with Gasteiger partial charge >= 0.3 is 0 Å². The lowest BCUT2D eigenvalue weighted by Crippen LogP contribution is -2.18. The van der Waals surface area contributed by atoms with Gasteiger partial charge in [0.2, 0.25) is 0 Å². The number of ether oxygens (including phenoxy) is 2. The minimum Gasteiger partial charge on any atom is -0.489 e. The predicted molar refractivity (Wildman–Crippen MR) is 136 cm³/mol. The third-order valence-corrected chi connectivity index (χ3v) is 6.20. The van der Waals surface area contributed by atoms with Crippen LogP contribution in [0.1, 0.15) is 47.2 Å². The lowest BCUT2D eigenvalue weighted by atomic mass is 9.78. The Balaban J connectivity index is 1.37. The maximum absolute atomic E-state index is 5.97. The molecule has 0 fully saturated rings. The summed E-state index contributed by atoms with van der Waals surface area (Å²) >= 11 is 0. The van der Waals surface area contributed by atoms with Crippen LogP contribution >= 0.6 is 0 Å². The number of hydrogen-bond donors (Lipinski definition) is 0. The monoisotopic (exact) mass is 436 g/mol. The van der Waals surface area contributed by atoms with Gasteiger partial charge < -0.3 is 9.47 Å². The van der Waals surface area contributed by atoms with E-state index in [4.69, 9.17) is 9.47 Å². The van der Waals surface area contributed by atoms with E-state index in [0.29, 0.717) is 13.2 Å². The van der Waals surface area contributed by atoms with Gasteiger partial charge in [-0.1, -0.05) is 97.8 Å². The maximum Gasteiger partial charge on any atom is 0.119 e. The zero-order valence-electron chi connectivity index (χ0n) is 20.0. The summed E-state index contributed by atoms with van der Waals surface area (Å²) in [6.45, 7) is 9.84. The molecule has 0 unspecified atom stereocenters. The zero-order valence-corrected chi connectivity index (χ0v) is 20.0. The highest BCUT2D eigenvalue weighted by molar-refractivity contribution is 5.42. The van der Waals surface area contributed by atoms with E-state index in [1.807, 2.05) is 0 Å². The summed E-state index contributed by atoms with van der Waals surface area (Å²) in [6.07, 6.45) is 0. The highest BCUT2D eigenvalue weighted by atomic mass is 16.5. The molecule has 0 aliphatic rings. The number of aryl methyl sites for hydroxylation is 2. The first-order valence-corrected chi connectivity index (χ1v) is 11.5. The van der Waals surface area contributed by atoms with Gasteiger partial charge in [-0.3, -0.25) is 0 Å². The van der Waals surface area contributed by atoms with E-state index < -0.39 is 0 Å². The van der Waals surface area contributed by atoms with Crippen LogP contribution in [0.25, 0.3) is 0 Å². The van der Waals surface area contributed by atoms with Gasteiger partial charge in [0.1, 0.15) is 24.7 Å². The molecule has 0 atom stereocenters. The molecule has 0 spiro atoms. The Labute approximate surface area is 197 Å². The van der Waals surface area contributed by atoms with Gasteiger partial charge in [0, 0.05) is 5.41 Å². The summed E-state index contributed by atoms with van der Waals surface area (Å²) in [5.41, 5.74) is 7.25. The van der Waals surface area contributed by atoms with Crippen LogP contribution < -0.4 is 9.47 Å². The Hall–Kier alpha value is -3.52. The summed E-state index contributed by atoms with van der Waals surface area (Å²) < 4.78 is 11.9. The second-order valence-corrected chi connectivity index (χ2v) is 9.22. The average Bonchev–Trinajstić information content (AvgIpc) is 2.84. The Morgan fingerprint density at radius 3 is 1.15 bits per heavy atom. The highest BCUT2D eigenvalue weighted by Gasteiger charge is 2.23. The average molecular weight is 437 g/mol. The summed E-state index contributed by atoms with van der Waals surface area (Å²) in [4.78, 5) is 0. The zero-order chi connectivity index (χ0) is 23.3. The molecule has 0 aliphatic carbocycles. The highest BCUT2D eigenvalue weighted by Crippen LogP contribution is 2.33. The standard InChI is InChI=1S/C31H32O2/c1-23-5-9-25(10-6-23)21-32-29-17-13-27(14-18-29)31(3,4)28-15-19-30(20-16-28)33-22-26-11-7-24(2)8-12-26/h5-20H,21-22H2,1-4H3. The third kappa shape index (κ3) is 5.84. The number of rotatable bonds is 8. The molecule has 2 nitrogen and oxygen atoms in total. The molecule has 0 heterocycles. The molecule has 168 valence electrons. The lowest BCUT2D eigenvalue weighted by Gasteiger charge is -2.26. The second-order valence-electron chi connectivity index (χ2n) is 9.22. The van der Waals surface area contributed by atoms with Gasteiger partial charge in [0.05, 0.1) is 0 Å². The smallest absolute Gasteiger partial charge is 0.119 e. The minimum atomic E-state index is -0.120. The van der Waals surface area contributed by atoms with Crippen LogP contribution in [-0.4, -0.2) is 0 Å². The second kappa shape index (κ2) is 9.95. The van der Waals surface area contributed by atoms with Crippen LogP contribution in [-0.2, 0) is 18.6 Å². The molecule has 0 amide bonds. The fourth-order valence-corrected chi connectivity index (χ4v) is 3.80. The Morgan fingerprint density at radius 1 is 0.485 bits per heavy atom. The van der Waals surface area contributed by atoms with E-state index in [0.717, 1.165) is 11.5 Å². The molecule has 0 aliphatic heterocycles. The molecule has 0 saturated heterocycles. The molecule has 4 rings (SSSR count). The maximum atomic E-state index is 5.97. The van der Waals surface area contributed by atoms with Crippen molar-refractivity contribution in [3.8, 4) is 11.5 Å². The van der Waals surface area contributed by atoms with Crippen LogP contribution in [0.2, 0.25) is 0 Å². The molecule has 0 bridgehead atoms. The van der Waals surface area contributed by atoms with Crippen LogP contribution in [0, 0.1) is 13.8 Å². The van der Waals surface area contributed by atoms with Gasteiger partial charge in [0.15, 0.2) is 0 Å².